The van der Waals surface area contributed by atoms with Gasteiger partial charge in [-0.25, -0.2) is 8.42 Å². The maximum Gasteiger partial charge on any atom is 0.247 e. The van der Waals surface area contributed by atoms with Crippen LogP contribution in [-0.4, -0.2) is 55.9 Å². The molecule has 202 valence electrons. The number of rotatable bonds is 13. The van der Waals surface area contributed by atoms with E-state index in [0.717, 1.165) is 28.1 Å². The number of ether oxygens (including phenoxy) is 1. The van der Waals surface area contributed by atoms with Gasteiger partial charge in [0.2, 0.25) is 21.8 Å². The van der Waals surface area contributed by atoms with Gasteiger partial charge in [-0.15, -0.1) is 0 Å². The second kappa shape index (κ2) is 13.7. The lowest BCUT2D eigenvalue weighted by Crippen LogP contribution is -2.47. The molecule has 38 heavy (non-hydrogen) atoms. The average Bonchev–Trinajstić information content (AvgIpc) is 2.92. The molecule has 3 aromatic rings. The first kappa shape index (κ1) is 28.9. The summed E-state index contributed by atoms with van der Waals surface area (Å²) in [4.78, 5) is 28.8. The van der Waals surface area contributed by atoms with Crippen LogP contribution in [0.3, 0.4) is 0 Å². The largest absolute Gasteiger partial charge is 0.497 e. The van der Waals surface area contributed by atoms with Gasteiger partial charge in [-0.3, -0.25) is 9.59 Å². The van der Waals surface area contributed by atoms with Crippen LogP contribution >= 0.6 is 0 Å². The predicted octanol–water partition coefficient (Wildman–Crippen LogP) is 3.75. The zero-order chi connectivity index (χ0) is 27.5. The molecule has 0 saturated heterocycles. The summed E-state index contributed by atoms with van der Waals surface area (Å²) in [5.74, 6) is -0.144. The molecule has 0 aromatic heterocycles. The number of benzene rings is 3. The van der Waals surface area contributed by atoms with E-state index in [0.29, 0.717) is 17.9 Å². The fraction of sp³-hybridized carbons (Fsp3) is 0.310. The third-order valence-corrected chi connectivity index (χ3v) is 7.24. The van der Waals surface area contributed by atoms with Crippen molar-refractivity contribution >= 4 is 21.8 Å². The van der Waals surface area contributed by atoms with Crippen molar-refractivity contribution in [3.63, 3.8) is 0 Å². The van der Waals surface area contributed by atoms with Gasteiger partial charge in [0.25, 0.3) is 0 Å². The summed E-state index contributed by atoms with van der Waals surface area (Å²) < 4.78 is 31.8. The highest BCUT2D eigenvalue weighted by Gasteiger charge is 2.33. The standard InChI is InChI=1S/C29H35N3O5S/c1-4-19-30-29(34)28(25-13-9-6-10-14-25)32(21-24-15-17-26(37-2)18-16-24)27(33)22-31(38(3,35)36)20-23-11-7-5-8-12-23/h5-18,28H,4,19-22H2,1-3H3,(H,30,34). The van der Waals surface area contributed by atoms with Gasteiger partial charge in [0.05, 0.1) is 19.9 Å². The summed E-state index contributed by atoms with van der Waals surface area (Å²) in [6.07, 6.45) is 1.82. The number of methoxy groups -OCH3 is 1. The van der Waals surface area contributed by atoms with Crippen molar-refractivity contribution in [3.8, 4) is 5.75 Å². The molecule has 9 heteroatoms. The third-order valence-electron chi connectivity index (χ3n) is 6.04. The Morgan fingerprint density at radius 3 is 2.00 bits per heavy atom. The summed E-state index contributed by atoms with van der Waals surface area (Å²) in [6.45, 7) is 2.14. The molecule has 0 aliphatic carbocycles. The monoisotopic (exact) mass is 537 g/mol. The van der Waals surface area contributed by atoms with Crippen molar-refractivity contribution in [2.75, 3.05) is 26.5 Å². The van der Waals surface area contributed by atoms with Crippen molar-refractivity contribution in [1.29, 1.82) is 0 Å². The molecule has 0 bridgehead atoms. The molecule has 0 aliphatic heterocycles. The van der Waals surface area contributed by atoms with E-state index < -0.39 is 28.5 Å². The van der Waals surface area contributed by atoms with Crippen molar-refractivity contribution in [3.05, 3.63) is 102 Å². The Kier molecular flexibility index (Phi) is 10.4. The predicted molar refractivity (Wildman–Crippen MR) is 148 cm³/mol. The van der Waals surface area contributed by atoms with Gasteiger partial charge in [-0.1, -0.05) is 79.7 Å². The van der Waals surface area contributed by atoms with Gasteiger partial charge in [-0.05, 0) is 35.2 Å². The zero-order valence-corrected chi connectivity index (χ0v) is 22.9. The fourth-order valence-electron chi connectivity index (χ4n) is 4.02. The molecule has 2 amide bonds. The number of nitrogens with one attached hydrogen (secondary N) is 1. The first-order valence-electron chi connectivity index (χ1n) is 12.5. The Labute approximate surface area is 225 Å². The SMILES string of the molecule is CCCNC(=O)C(c1ccccc1)N(Cc1ccc(OC)cc1)C(=O)CN(Cc1ccccc1)S(C)(=O)=O. The van der Waals surface area contributed by atoms with Gasteiger partial charge >= 0.3 is 0 Å². The molecule has 0 spiro atoms. The minimum Gasteiger partial charge on any atom is -0.497 e. The Balaban J connectivity index is 2.01. The number of carbonyl (C=O) groups excluding carboxylic acids is 2. The van der Waals surface area contributed by atoms with Crippen LogP contribution in [0.4, 0.5) is 0 Å². The number of nitrogens with zero attached hydrogens (tertiary/aromatic N) is 2. The van der Waals surface area contributed by atoms with Crippen LogP contribution in [0.1, 0.15) is 36.1 Å². The third kappa shape index (κ3) is 8.16. The van der Waals surface area contributed by atoms with Crippen LogP contribution in [0, 0.1) is 0 Å². The Hall–Kier alpha value is -3.69. The van der Waals surface area contributed by atoms with E-state index in [1.54, 1.807) is 31.4 Å². The fourth-order valence-corrected chi connectivity index (χ4v) is 4.75. The Bertz CT molecular complexity index is 1280. The molecular weight excluding hydrogens is 502 g/mol. The van der Waals surface area contributed by atoms with Gasteiger partial charge in [0, 0.05) is 19.6 Å². The van der Waals surface area contributed by atoms with Crippen molar-refractivity contribution in [2.45, 2.75) is 32.5 Å². The van der Waals surface area contributed by atoms with E-state index in [-0.39, 0.29) is 19.0 Å². The molecule has 0 fully saturated rings. The van der Waals surface area contributed by atoms with E-state index in [9.17, 15) is 18.0 Å². The molecule has 0 saturated carbocycles. The molecule has 0 radical (unpaired) electrons. The summed E-state index contributed by atoms with van der Waals surface area (Å²) >= 11 is 0. The first-order chi connectivity index (χ1) is 18.2. The van der Waals surface area contributed by atoms with E-state index >= 15 is 0 Å². The minimum absolute atomic E-state index is 0.0415. The van der Waals surface area contributed by atoms with Crippen LogP contribution < -0.4 is 10.1 Å². The van der Waals surface area contributed by atoms with Gasteiger partial charge < -0.3 is 15.0 Å². The van der Waals surface area contributed by atoms with E-state index in [1.165, 1.54) is 4.90 Å². The lowest BCUT2D eigenvalue weighted by atomic mass is 10.0. The number of hydrogen-bond acceptors (Lipinski definition) is 5. The first-order valence-corrected chi connectivity index (χ1v) is 14.3. The maximum absolute atomic E-state index is 13.9. The number of carbonyl (C=O) groups is 2. The van der Waals surface area contributed by atoms with E-state index in [1.807, 2.05) is 67.6 Å². The Morgan fingerprint density at radius 2 is 1.45 bits per heavy atom. The molecule has 1 N–H and O–H groups in total. The van der Waals surface area contributed by atoms with Crippen molar-refractivity contribution < 1.29 is 22.7 Å². The summed E-state index contributed by atoms with van der Waals surface area (Å²) in [6, 6.07) is 24.4. The van der Waals surface area contributed by atoms with Crippen LogP contribution in [0.25, 0.3) is 0 Å². The minimum atomic E-state index is -3.73. The topological polar surface area (TPSA) is 96.0 Å². The normalized spacial score (nSPS) is 12.1. The van der Waals surface area contributed by atoms with Crippen LogP contribution in [0.5, 0.6) is 5.75 Å². The van der Waals surface area contributed by atoms with Gasteiger partial charge in [-0.2, -0.15) is 4.31 Å². The molecular formula is C29H35N3O5S. The molecule has 0 aliphatic rings. The van der Waals surface area contributed by atoms with Crippen LogP contribution in [0.15, 0.2) is 84.9 Å². The van der Waals surface area contributed by atoms with E-state index in [2.05, 4.69) is 5.32 Å². The zero-order valence-electron chi connectivity index (χ0n) is 22.0. The second-order valence-electron chi connectivity index (χ2n) is 8.99. The molecule has 0 heterocycles. The summed E-state index contributed by atoms with van der Waals surface area (Å²) in [7, 11) is -2.16. The van der Waals surface area contributed by atoms with Gasteiger partial charge in [0.1, 0.15) is 11.8 Å². The highest BCUT2D eigenvalue weighted by Crippen LogP contribution is 2.25. The van der Waals surface area contributed by atoms with Crippen molar-refractivity contribution in [1.82, 2.24) is 14.5 Å². The second-order valence-corrected chi connectivity index (χ2v) is 11.0. The Morgan fingerprint density at radius 1 is 0.868 bits per heavy atom. The highest BCUT2D eigenvalue weighted by molar-refractivity contribution is 7.88. The summed E-state index contributed by atoms with van der Waals surface area (Å²) in [5.41, 5.74) is 2.17. The number of amides is 2. The molecule has 3 aromatic carbocycles. The molecule has 3 rings (SSSR count). The van der Waals surface area contributed by atoms with Crippen LogP contribution in [-0.2, 0) is 32.7 Å². The highest BCUT2D eigenvalue weighted by atomic mass is 32.2. The van der Waals surface area contributed by atoms with Crippen molar-refractivity contribution in [2.24, 2.45) is 0 Å². The number of hydrogen-bond donors (Lipinski definition) is 1. The molecule has 1 atom stereocenters. The maximum atomic E-state index is 13.9. The lowest BCUT2D eigenvalue weighted by Gasteiger charge is -2.33. The van der Waals surface area contributed by atoms with Gasteiger partial charge in [0.15, 0.2) is 0 Å². The number of sulfonamides is 1. The molecule has 1 unspecified atom stereocenters. The smallest absolute Gasteiger partial charge is 0.247 e. The van der Waals surface area contributed by atoms with E-state index in [4.69, 9.17) is 4.74 Å². The quantitative estimate of drug-likeness (QED) is 0.358. The molecule has 8 nitrogen and oxygen atoms in total. The lowest BCUT2D eigenvalue weighted by molar-refractivity contribution is -0.141. The average molecular weight is 538 g/mol. The van der Waals surface area contributed by atoms with Crippen LogP contribution in [0.2, 0.25) is 0 Å². The summed E-state index contributed by atoms with van der Waals surface area (Å²) in [5, 5.41) is 2.91.